The van der Waals surface area contributed by atoms with E-state index in [9.17, 15) is 18.6 Å². The molecular weight excluding hydrogens is 414 g/mol. The lowest BCUT2D eigenvalue weighted by Gasteiger charge is -2.22. The van der Waals surface area contributed by atoms with E-state index in [0.29, 0.717) is 5.69 Å². The smallest absolute Gasteiger partial charge is 0.233 e. The Morgan fingerprint density at radius 1 is 0.967 bits per heavy atom. The molecule has 1 heterocycles. The molecule has 0 aliphatic rings. The maximum Gasteiger partial charge on any atom is 0.233 e. The molecule has 0 aliphatic carbocycles. The molecule has 1 aromatic heterocycles. The van der Waals surface area contributed by atoms with Gasteiger partial charge in [0.15, 0.2) is 0 Å². The first-order valence-electron chi connectivity index (χ1n) is 9.37. The van der Waals surface area contributed by atoms with Crippen LogP contribution < -0.4 is 20.3 Å². The van der Waals surface area contributed by atoms with Crippen molar-refractivity contribution in [2.75, 3.05) is 60.7 Å². The van der Waals surface area contributed by atoms with Gasteiger partial charge in [0.2, 0.25) is 27.9 Å². The molecule has 0 saturated carbocycles. The van der Waals surface area contributed by atoms with Gasteiger partial charge in [0.25, 0.3) is 0 Å². The Kier molecular flexibility index (Phi) is 8.98. The zero-order valence-corrected chi connectivity index (χ0v) is 17.4. The van der Waals surface area contributed by atoms with E-state index < -0.39 is 10.0 Å². The van der Waals surface area contributed by atoms with E-state index in [4.69, 9.17) is 5.11 Å². The van der Waals surface area contributed by atoms with Crippen LogP contribution in [0, 0.1) is 0 Å². The maximum absolute atomic E-state index is 11.6. The SMILES string of the molecule is CCS(=O)(=O)NCCN(CCO)c1nc(NCCO)nc(Nc2ccc(O)cc2)n1. The fraction of sp³-hybridized carbons (Fsp3) is 0.471. The summed E-state index contributed by atoms with van der Waals surface area (Å²) in [4.78, 5) is 14.5. The highest BCUT2D eigenvalue weighted by atomic mass is 32.2. The number of hydrogen-bond acceptors (Lipinski definition) is 11. The van der Waals surface area contributed by atoms with E-state index in [2.05, 4.69) is 30.3 Å². The fourth-order valence-electron chi connectivity index (χ4n) is 2.35. The van der Waals surface area contributed by atoms with Crippen molar-refractivity contribution in [1.29, 1.82) is 0 Å². The Morgan fingerprint density at radius 2 is 1.67 bits per heavy atom. The van der Waals surface area contributed by atoms with Crippen molar-refractivity contribution in [3.05, 3.63) is 24.3 Å². The van der Waals surface area contributed by atoms with Gasteiger partial charge >= 0.3 is 0 Å². The molecular formula is C17H27N7O5S. The highest BCUT2D eigenvalue weighted by Gasteiger charge is 2.15. The molecule has 30 heavy (non-hydrogen) atoms. The second-order valence-electron chi connectivity index (χ2n) is 6.11. The van der Waals surface area contributed by atoms with Crippen LogP contribution >= 0.6 is 0 Å². The number of anilines is 4. The molecule has 0 amide bonds. The number of benzene rings is 1. The van der Waals surface area contributed by atoms with E-state index >= 15 is 0 Å². The van der Waals surface area contributed by atoms with Crippen molar-refractivity contribution in [3.8, 4) is 5.75 Å². The van der Waals surface area contributed by atoms with E-state index in [-0.39, 0.29) is 68.7 Å². The zero-order valence-electron chi connectivity index (χ0n) is 16.6. The number of hydrogen-bond donors (Lipinski definition) is 6. The maximum atomic E-state index is 11.6. The van der Waals surface area contributed by atoms with Gasteiger partial charge in [-0.3, -0.25) is 0 Å². The van der Waals surface area contributed by atoms with Crippen molar-refractivity contribution in [3.63, 3.8) is 0 Å². The minimum atomic E-state index is -3.35. The summed E-state index contributed by atoms with van der Waals surface area (Å²) in [6.07, 6.45) is 0. The van der Waals surface area contributed by atoms with E-state index in [1.54, 1.807) is 24.0 Å². The minimum absolute atomic E-state index is 0.0331. The molecule has 12 nitrogen and oxygen atoms in total. The lowest BCUT2D eigenvalue weighted by atomic mass is 10.3. The molecule has 6 N–H and O–H groups in total. The highest BCUT2D eigenvalue weighted by Crippen LogP contribution is 2.19. The van der Waals surface area contributed by atoms with Crippen LogP contribution in [0.5, 0.6) is 5.75 Å². The van der Waals surface area contributed by atoms with E-state index in [0.717, 1.165) is 0 Å². The molecule has 0 unspecified atom stereocenters. The molecule has 1 aromatic carbocycles. The summed E-state index contributed by atoms with van der Waals surface area (Å²) in [7, 11) is -3.35. The standard InChI is InChI=1S/C17H27N7O5S/c1-2-30(28,29)19-7-9-24(10-12-26)17-22-15(18-8-11-25)21-16(23-17)20-13-3-5-14(27)6-4-13/h3-6,19,25-27H,2,7-12H2,1H3,(H2,18,20,21,22,23). The van der Waals surface area contributed by atoms with Gasteiger partial charge in [-0.05, 0) is 31.2 Å². The van der Waals surface area contributed by atoms with Crippen LogP contribution in [-0.2, 0) is 10.0 Å². The van der Waals surface area contributed by atoms with Crippen molar-refractivity contribution in [2.45, 2.75) is 6.92 Å². The Bertz CT molecular complexity index is 896. The first-order valence-corrected chi connectivity index (χ1v) is 11.0. The molecule has 0 radical (unpaired) electrons. The minimum Gasteiger partial charge on any atom is -0.508 e. The summed E-state index contributed by atoms with van der Waals surface area (Å²) < 4.78 is 25.8. The lowest BCUT2D eigenvalue weighted by Crippen LogP contribution is -2.38. The van der Waals surface area contributed by atoms with Gasteiger partial charge in [0.1, 0.15) is 5.75 Å². The zero-order chi connectivity index (χ0) is 22.0. The molecule has 13 heteroatoms. The third-order valence-electron chi connectivity index (χ3n) is 3.88. The predicted octanol–water partition coefficient (Wildman–Crippen LogP) is -0.537. The van der Waals surface area contributed by atoms with Gasteiger partial charge in [-0.25, -0.2) is 13.1 Å². The number of phenols is 1. The van der Waals surface area contributed by atoms with Crippen LogP contribution in [0.15, 0.2) is 24.3 Å². The average Bonchev–Trinajstić information content (AvgIpc) is 2.73. The Hall–Kier alpha value is -2.74. The first-order chi connectivity index (χ1) is 14.4. The predicted molar refractivity (Wildman–Crippen MR) is 114 cm³/mol. The fourth-order valence-corrected chi connectivity index (χ4v) is 2.96. The summed E-state index contributed by atoms with van der Waals surface area (Å²) >= 11 is 0. The van der Waals surface area contributed by atoms with Gasteiger partial charge in [-0.1, -0.05) is 0 Å². The van der Waals surface area contributed by atoms with Crippen molar-refractivity contribution >= 4 is 33.6 Å². The normalized spacial score (nSPS) is 11.3. The van der Waals surface area contributed by atoms with E-state index in [1.807, 2.05) is 0 Å². The number of nitrogens with zero attached hydrogens (tertiary/aromatic N) is 4. The monoisotopic (exact) mass is 441 g/mol. The number of aromatic hydroxyl groups is 1. The number of phenolic OH excluding ortho intramolecular Hbond substituents is 1. The first kappa shape index (κ1) is 23.5. The van der Waals surface area contributed by atoms with Crippen LogP contribution in [0.3, 0.4) is 0 Å². The molecule has 2 rings (SSSR count). The highest BCUT2D eigenvalue weighted by molar-refractivity contribution is 7.89. The molecule has 0 atom stereocenters. The van der Waals surface area contributed by atoms with Crippen LogP contribution in [0.1, 0.15) is 6.92 Å². The summed E-state index contributed by atoms with van der Waals surface area (Å²) in [6, 6.07) is 6.30. The third kappa shape index (κ3) is 7.59. The average molecular weight is 442 g/mol. The van der Waals surface area contributed by atoms with Crippen LogP contribution in [-0.4, -0.2) is 83.8 Å². The topological polar surface area (TPSA) is 173 Å². The molecule has 0 spiro atoms. The number of aromatic nitrogens is 3. The summed E-state index contributed by atoms with van der Waals surface area (Å²) in [5, 5.41) is 33.7. The van der Waals surface area contributed by atoms with Gasteiger partial charge in [0.05, 0.1) is 19.0 Å². The molecule has 0 fully saturated rings. The molecule has 2 aromatic rings. The Morgan fingerprint density at radius 3 is 2.30 bits per heavy atom. The quantitative estimate of drug-likeness (QED) is 0.220. The van der Waals surface area contributed by atoms with Crippen molar-refractivity contribution < 1.29 is 23.7 Å². The van der Waals surface area contributed by atoms with Gasteiger partial charge < -0.3 is 30.9 Å². The molecule has 0 bridgehead atoms. The number of aliphatic hydroxyl groups is 2. The summed E-state index contributed by atoms with van der Waals surface area (Å²) in [5.41, 5.74) is 0.627. The molecule has 0 aliphatic heterocycles. The summed E-state index contributed by atoms with van der Waals surface area (Å²) in [5.74, 6) is 0.701. The van der Waals surface area contributed by atoms with Crippen molar-refractivity contribution in [1.82, 2.24) is 19.7 Å². The van der Waals surface area contributed by atoms with Crippen LogP contribution in [0.2, 0.25) is 0 Å². The van der Waals surface area contributed by atoms with Crippen LogP contribution in [0.4, 0.5) is 23.5 Å². The van der Waals surface area contributed by atoms with E-state index in [1.165, 1.54) is 12.1 Å². The molecule has 166 valence electrons. The third-order valence-corrected chi connectivity index (χ3v) is 5.28. The van der Waals surface area contributed by atoms with Gasteiger partial charge in [-0.2, -0.15) is 15.0 Å². The number of aliphatic hydroxyl groups excluding tert-OH is 2. The number of sulfonamides is 1. The molecule has 0 saturated heterocycles. The largest absolute Gasteiger partial charge is 0.508 e. The second kappa shape index (κ2) is 11.4. The Balaban J connectivity index is 2.25. The lowest BCUT2D eigenvalue weighted by molar-refractivity contribution is 0.301. The summed E-state index contributed by atoms with van der Waals surface area (Å²) in [6.45, 7) is 1.96. The second-order valence-corrected chi connectivity index (χ2v) is 8.21. The van der Waals surface area contributed by atoms with Crippen LogP contribution in [0.25, 0.3) is 0 Å². The van der Waals surface area contributed by atoms with Gasteiger partial charge in [0, 0.05) is 31.9 Å². The van der Waals surface area contributed by atoms with Crippen molar-refractivity contribution in [2.24, 2.45) is 0 Å². The number of nitrogens with one attached hydrogen (secondary N) is 3. The Labute approximate surface area is 175 Å². The van der Waals surface area contributed by atoms with Gasteiger partial charge in [-0.15, -0.1) is 0 Å². The number of rotatable bonds is 13.